The van der Waals surface area contributed by atoms with Crippen LogP contribution in [0.2, 0.25) is 0 Å². The number of nitrogens with two attached hydrogens (primary N) is 1. The number of benzene rings is 1. The van der Waals surface area contributed by atoms with E-state index < -0.39 is 11.1 Å². The zero-order chi connectivity index (χ0) is 10.8. The summed E-state index contributed by atoms with van der Waals surface area (Å²) in [5, 5.41) is 1.15. The Kier molecular flexibility index (Phi) is 2.75. The van der Waals surface area contributed by atoms with E-state index in [1.165, 1.54) is 0 Å². The molecule has 0 bridgehead atoms. The molecule has 0 aliphatic carbocycles. The maximum atomic E-state index is 11.5. The largest absolute Gasteiger partial charge is 0.445 e. The van der Waals surface area contributed by atoms with Gasteiger partial charge < -0.3 is 10.2 Å². The third kappa shape index (κ3) is 2.03. The molecule has 0 spiro atoms. The van der Waals surface area contributed by atoms with Crippen LogP contribution in [0.25, 0.3) is 11.0 Å². The summed E-state index contributed by atoms with van der Waals surface area (Å²) >= 11 is -1.53. The van der Waals surface area contributed by atoms with E-state index in [1.807, 2.05) is 0 Å². The summed E-state index contributed by atoms with van der Waals surface area (Å²) in [6.07, 6.45) is 0. The molecule has 0 saturated heterocycles. The first kappa shape index (κ1) is 10.2. The van der Waals surface area contributed by atoms with Crippen LogP contribution in [0, 0.1) is 0 Å². The van der Waals surface area contributed by atoms with Gasteiger partial charge in [-0.3, -0.25) is 4.18 Å². The summed E-state index contributed by atoms with van der Waals surface area (Å²) in [5.41, 5.74) is 6.93. The number of furan rings is 1. The topological polar surface area (TPSA) is 65.5 Å². The van der Waals surface area contributed by atoms with Crippen molar-refractivity contribution in [3.8, 4) is 0 Å². The van der Waals surface area contributed by atoms with Gasteiger partial charge in [-0.15, -0.1) is 0 Å². The van der Waals surface area contributed by atoms with Crippen LogP contribution in [0.4, 0.5) is 5.69 Å². The SMILES string of the molecule is CCOS(=O)c1cc2cc(N)ccc2o1. The molecule has 0 fully saturated rings. The van der Waals surface area contributed by atoms with Crippen molar-refractivity contribution in [3.63, 3.8) is 0 Å². The summed E-state index contributed by atoms with van der Waals surface area (Å²) in [7, 11) is 0. The molecule has 2 aromatic rings. The maximum Gasteiger partial charge on any atom is 0.226 e. The summed E-state index contributed by atoms with van der Waals surface area (Å²) in [6.45, 7) is 2.16. The molecule has 0 amide bonds. The van der Waals surface area contributed by atoms with Crippen molar-refractivity contribution in [1.82, 2.24) is 0 Å². The molecule has 15 heavy (non-hydrogen) atoms. The summed E-state index contributed by atoms with van der Waals surface area (Å²) in [6, 6.07) is 6.93. The summed E-state index contributed by atoms with van der Waals surface area (Å²) < 4.78 is 21.8. The minimum atomic E-state index is -1.53. The quantitative estimate of drug-likeness (QED) is 0.812. The molecule has 0 radical (unpaired) electrons. The highest BCUT2D eigenvalue weighted by Gasteiger charge is 2.10. The lowest BCUT2D eigenvalue weighted by molar-refractivity contribution is 0.355. The van der Waals surface area contributed by atoms with Gasteiger partial charge in [-0.2, -0.15) is 0 Å². The van der Waals surface area contributed by atoms with Gasteiger partial charge in [0.05, 0.1) is 6.61 Å². The molecule has 2 N–H and O–H groups in total. The minimum Gasteiger partial charge on any atom is -0.445 e. The highest BCUT2D eigenvalue weighted by Crippen LogP contribution is 2.23. The van der Waals surface area contributed by atoms with Crippen LogP contribution in [0.1, 0.15) is 6.92 Å². The van der Waals surface area contributed by atoms with Gasteiger partial charge in [-0.25, -0.2) is 4.21 Å². The van der Waals surface area contributed by atoms with Gasteiger partial charge in [-0.1, -0.05) is 0 Å². The molecule has 1 aromatic heterocycles. The standard InChI is InChI=1S/C10H11NO3S/c1-2-13-15(12)10-6-7-5-8(11)3-4-9(7)14-10/h3-6H,2,11H2,1H3. The zero-order valence-electron chi connectivity index (χ0n) is 8.23. The smallest absolute Gasteiger partial charge is 0.226 e. The second-order valence-electron chi connectivity index (χ2n) is 3.00. The fourth-order valence-electron chi connectivity index (χ4n) is 1.28. The van der Waals surface area contributed by atoms with E-state index in [0.717, 1.165) is 5.39 Å². The summed E-state index contributed by atoms with van der Waals surface area (Å²) in [4.78, 5) is 0. The average molecular weight is 225 g/mol. The van der Waals surface area contributed by atoms with Crippen LogP contribution in [-0.2, 0) is 15.3 Å². The molecule has 1 unspecified atom stereocenters. The Balaban J connectivity index is 2.42. The fourth-order valence-corrected chi connectivity index (χ4v) is 2.00. The van der Waals surface area contributed by atoms with E-state index in [1.54, 1.807) is 31.2 Å². The van der Waals surface area contributed by atoms with Gasteiger partial charge in [-0.05, 0) is 25.1 Å². The second-order valence-corrected chi connectivity index (χ2v) is 4.11. The maximum absolute atomic E-state index is 11.5. The Hall–Kier alpha value is -1.33. The lowest BCUT2D eigenvalue weighted by atomic mass is 10.2. The van der Waals surface area contributed by atoms with E-state index in [4.69, 9.17) is 14.3 Å². The Labute approximate surface area is 89.7 Å². The molecular weight excluding hydrogens is 214 g/mol. The van der Waals surface area contributed by atoms with E-state index in [2.05, 4.69) is 0 Å². The predicted octanol–water partition coefficient (Wildman–Crippen LogP) is 2.07. The molecule has 5 heteroatoms. The number of rotatable bonds is 3. The third-order valence-electron chi connectivity index (χ3n) is 1.91. The number of hydrogen-bond donors (Lipinski definition) is 1. The zero-order valence-corrected chi connectivity index (χ0v) is 9.04. The van der Waals surface area contributed by atoms with Gasteiger partial charge in [0.15, 0.2) is 0 Å². The van der Waals surface area contributed by atoms with Crippen molar-refractivity contribution in [2.75, 3.05) is 12.3 Å². The molecule has 4 nitrogen and oxygen atoms in total. The molecule has 2 rings (SSSR count). The lowest BCUT2D eigenvalue weighted by Crippen LogP contribution is -1.94. The molecule has 1 atom stereocenters. The van der Waals surface area contributed by atoms with Gasteiger partial charge in [0.2, 0.25) is 16.2 Å². The van der Waals surface area contributed by atoms with Crippen molar-refractivity contribution in [3.05, 3.63) is 24.3 Å². The first-order valence-corrected chi connectivity index (χ1v) is 5.62. The normalized spacial score (nSPS) is 13.1. The minimum absolute atomic E-state index is 0.317. The van der Waals surface area contributed by atoms with Crippen molar-refractivity contribution in [1.29, 1.82) is 0 Å². The predicted molar refractivity (Wildman–Crippen MR) is 58.7 cm³/mol. The first-order chi connectivity index (χ1) is 7.20. The number of hydrogen-bond acceptors (Lipinski definition) is 4. The van der Waals surface area contributed by atoms with Crippen LogP contribution in [0.3, 0.4) is 0 Å². The van der Waals surface area contributed by atoms with Gasteiger partial charge >= 0.3 is 0 Å². The number of fused-ring (bicyclic) bond motifs is 1. The Bertz CT molecular complexity index is 506. The highest BCUT2D eigenvalue weighted by atomic mass is 32.2. The van der Waals surface area contributed by atoms with Crippen LogP contribution < -0.4 is 5.73 Å². The van der Waals surface area contributed by atoms with Gasteiger partial charge in [0, 0.05) is 17.1 Å². The second kappa shape index (κ2) is 4.04. The molecule has 0 aliphatic rings. The van der Waals surface area contributed by atoms with Gasteiger partial charge in [0.1, 0.15) is 5.58 Å². The number of nitrogen functional groups attached to an aromatic ring is 1. The van der Waals surface area contributed by atoms with E-state index in [-0.39, 0.29) is 0 Å². The molecule has 80 valence electrons. The Morgan fingerprint density at radius 3 is 3.00 bits per heavy atom. The van der Waals surface area contributed by atoms with Crippen LogP contribution in [0.15, 0.2) is 33.8 Å². The van der Waals surface area contributed by atoms with Gasteiger partial charge in [0.25, 0.3) is 0 Å². The fraction of sp³-hybridized carbons (Fsp3) is 0.200. The van der Waals surface area contributed by atoms with Crippen LogP contribution in [-0.4, -0.2) is 10.8 Å². The van der Waals surface area contributed by atoms with E-state index in [9.17, 15) is 4.21 Å². The average Bonchev–Trinajstić information content (AvgIpc) is 2.60. The first-order valence-electron chi connectivity index (χ1n) is 4.55. The molecular formula is C10H11NO3S. The van der Waals surface area contributed by atoms with E-state index >= 15 is 0 Å². The third-order valence-corrected chi connectivity index (χ3v) is 2.89. The molecule has 0 saturated carbocycles. The lowest BCUT2D eigenvalue weighted by Gasteiger charge is -1.94. The number of anilines is 1. The van der Waals surface area contributed by atoms with Crippen LogP contribution in [0.5, 0.6) is 0 Å². The molecule has 0 aliphatic heterocycles. The van der Waals surface area contributed by atoms with Crippen LogP contribution >= 0.6 is 0 Å². The van der Waals surface area contributed by atoms with Crippen molar-refractivity contribution in [2.45, 2.75) is 12.0 Å². The van der Waals surface area contributed by atoms with Crippen molar-refractivity contribution in [2.24, 2.45) is 0 Å². The Morgan fingerprint density at radius 1 is 1.47 bits per heavy atom. The van der Waals surface area contributed by atoms with Crippen molar-refractivity contribution < 1.29 is 12.8 Å². The molecule has 1 heterocycles. The monoisotopic (exact) mass is 225 g/mol. The van der Waals surface area contributed by atoms with E-state index in [0.29, 0.717) is 23.0 Å². The Morgan fingerprint density at radius 2 is 2.27 bits per heavy atom. The summed E-state index contributed by atoms with van der Waals surface area (Å²) in [5.74, 6) is 0. The molecule has 1 aromatic carbocycles. The van der Waals surface area contributed by atoms with Crippen molar-refractivity contribution >= 4 is 27.7 Å². The highest BCUT2D eigenvalue weighted by molar-refractivity contribution is 7.80.